The highest BCUT2D eigenvalue weighted by atomic mass is 35.5. The molecule has 0 unspecified atom stereocenters. The molecule has 2 aliphatic rings. The Hall–Kier alpha value is -3.12. The molecule has 12 heteroatoms. The number of likely N-dealkylation sites (tertiary alicyclic amines) is 1. The van der Waals surface area contributed by atoms with Gasteiger partial charge in [0.15, 0.2) is 6.10 Å². The number of rotatable bonds is 15. The molecule has 3 aromatic carbocycles. The third-order valence-electron chi connectivity index (χ3n) is 8.44. The highest BCUT2D eigenvalue weighted by Gasteiger charge is 2.37. The van der Waals surface area contributed by atoms with Crippen molar-refractivity contribution in [2.24, 2.45) is 0 Å². The standard InChI is InChI=1S/C34H39Cl2FN2O7/c1-3-44-29-15-30(26(35)13-20(29)16-38-34(2,19-40)33(42)43)46-32-24-9-4-7-22(25(24)14-27(32)37)23-8-5-10-28(31(23)36)45-12-6-11-39-17-21(41)18-39/h4-5,7-10,13,15,21,27,32,38,40-41H,3,6,11-12,14,16-19H2,1-2H3,(H,42,43)/t27-,32+,34-/m0/s1. The predicted octanol–water partition coefficient (Wildman–Crippen LogP) is 5.44. The Balaban J connectivity index is 1.34. The lowest BCUT2D eigenvalue weighted by atomic mass is 9.96. The van der Waals surface area contributed by atoms with E-state index in [-0.39, 0.29) is 29.8 Å². The molecule has 0 bridgehead atoms. The van der Waals surface area contributed by atoms with Gasteiger partial charge >= 0.3 is 5.97 Å². The molecule has 1 aliphatic carbocycles. The summed E-state index contributed by atoms with van der Waals surface area (Å²) in [6.45, 7) is 5.63. The monoisotopic (exact) mass is 676 g/mol. The van der Waals surface area contributed by atoms with Crippen LogP contribution in [0.2, 0.25) is 10.0 Å². The largest absolute Gasteiger partial charge is 0.493 e. The molecule has 0 aromatic heterocycles. The molecule has 0 spiro atoms. The number of nitrogens with one attached hydrogen (secondary N) is 1. The van der Waals surface area contributed by atoms with Crippen LogP contribution in [0.1, 0.15) is 43.1 Å². The molecule has 0 amide bonds. The summed E-state index contributed by atoms with van der Waals surface area (Å²) in [4.78, 5) is 13.8. The quantitative estimate of drug-likeness (QED) is 0.156. The Kier molecular flexibility index (Phi) is 11.0. The average molecular weight is 678 g/mol. The van der Waals surface area contributed by atoms with Crippen LogP contribution in [0.5, 0.6) is 17.2 Å². The van der Waals surface area contributed by atoms with Crippen molar-refractivity contribution in [3.8, 4) is 28.4 Å². The van der Waals surface area contributed by atoms with Crippen LogP contribution in [0.4, 0.5) is 4.39 Å². The molecule has 248 valence electrons. The number of carbonyl (C=O) groups is 1. The second-order valence-corrected chi connectivity index (χ2v) is 12.6. The topological polar surface area (TPSA) is 121 Å². The van der Waals surface area contributed by atoms with Crippen LogP contribution in [0.3, 0.4) is 0 Å². The lowest BCUT2D eigenvalue weighted by molar-refractivity contribution is -0.145. The van der Waals surface area contributed by atoms with Gasteiger partial charge < -0.3 is 29.5 Å². The minimum atomic E-state index is -1.56. The Morgan fingerprint density at radius 2 is 1.83 bits per heavy atom. The summed E-state index contributed by atoms with van der Waals surface area (Å²) in [5.74, 6) is -0.0271. The number of alkyl halides is 1. The zero-order valence-corrected chi connectivity index (χ0v) is 27.3. The third kappa shape index (κ3) is 7.38. The Morgan fingerprint density at radius 1 is 1.09 bits per heavy atom. The van der Waals surface area contributed by atoms with Gasteiger partial charge in [0.1, 0.15) is 29.0 Å². The SMILES string of the molecule is CCOc1cc(O[C@@H]2c3cccc(-c4cccc(OCCCN5CC(O)C5)c4Cl)c3C[C@@H]2F)c(Cl)cc1CN[C@@](C)(CO)C(=O)O. The molecule has 3 atom stereocenters. The number of hydrogen-bond acceptors (Lipinski definition) is 8. The van der Waals surface area contributed by atoms with Gasteiger partial charge in [0, 0.05) is 49.8 Å². The average Bonchev–Trinajstić information content (AvgIpc) is 3.34. The van der Waals surface area contributed by atoms with Crippen molar-refractivity contribution in [1.82, 2.24) is 10.2 Å². The lowest BCUT2D eigenvalue weighted by Crippen LogP contribution is -2.52. The van der Waals surface area contributed by atoms with Gasteiger partial charge in [0.25, 0.3) is 0 Å². The van der Waals surface area contributed by atoms with Gasteiger partial charge in [-0.2, -0.15) is 0 Å². The number of halogens is 3. The van der Waals surface area contributed by atoms with E-state index < -0.39 is 30.4 Å². The Morgan fingerprint density at radius 3 is 2.52 bits per heavy atom. The van der Waals surface area contributed by atoms with Crippen molar-refractivity contribution in [2.75, 3.05) is 39.5 Å². The van der Waals surface area contributed by atoms with E-state index in [2.05, 4.69) is 10.2 Å². The number of β-amino-alcohol motifs (C(OH)–C–C–N with tert-alkyl or cyclic N) is 1. The minimum absolute atomic E-state index is 0.0478. The van der Waals surface area contributed by atoms with Gasteiger partial charge in [-0.15, -0.1) is 0 Å². The second kappa shape index (κ2) is 14.8. The zero-order chi connectivity index (χ0) is 33.0. The number of benzene rings is 3. The summed E-state index contributed by atoms with van der Waals surface area (Å²) < 4.78 is 33.7. The molecule has 5 rings (SSSR count). The van der Waals surface area contributed by atoms with Crippen LogP contribution < -0.4 is 19.5 Å². The first-order valence-electron chi connectivity index (χ1n) is 15.3. The van der Waals surface area contributed by atoms with E-state index in [9.17, 15) is 20.1 Å². The van der Waals surface area contributed by atoms with Crippen molar-refractivity contribution in [3.63, 3.8) is 0 Å². The van der Waals surface area contributed by atoms with Gasteiger partial charge in [-0.3, -0.25) is 15.0 Å². The summed E-state index contributed by atoms with van der Waals surface area (Å²) >= 11 is 13.4. The molecule has 1 heterocycles. The van der Waals surface area contributed by atoms with E-state index >= 15 is 4.39 Å². The van der Waals surface area contributed by atoms with Gasteiger partial charge in [0.2, 0.25) is 0 Å². The van der Waals surface area contributed by atoms with Crippen molar-refractivity contribution in [1.29, 1.82) is 0 Å². The van der Waals surface area contributed by atoms with Crippen LogP contribution in [-0.4, -0.2) is 83.5 Å². The molecule has 4 N–H and O–H groups in total. The fourth-order valence-corrected chi connectivity index (χ4v) is 6.24. The zero-order valence-electron chi connectivity index (χ0n) is 25.8. The van der Waals surface area contributed by atoms with Crippen molar-refractivity contribution >= 4 is 29.2 Å². The minimum Gasteiger partial charge on any atom is -0.493 e. The number of carboxylic acid groups (broad SMARTS) is 1. The maximum atomic E-state index is 15.7. The summed E-state index contributed by atoms with van der Waals surface area (Å²) in [6.07, 6.45) is -1.61. The molecule has 1 aliphatic heterocycles. The summed E-state index contributed by atoms with van der Waals surface area (Å²) in [5, 5.41) is 32.0. The summed E-state index contributed by atoms with van der Waals surface area (Å²) in [7, 11) is 0. The van der Waals surface area contributed by atoms with E-state index in [1.807, 2.05) is 36.4 Å². The van der Waals surface area contributed by atoms with Crippen molar-refractivity contribution in [2.45, 2.75) is 57.2 Å². The summed E-state index contributed by atoms with van der Waals surface area (Å²) in [6, 6.07) is 14.3. The van der Waals surface area contributed by atoms with Crippen LogP contribution in [-0.2, 0) is 17.8 Å². The number of aliphatic hydroxyl groups excluding tert-OH is 2. The number of nitrogens with zero attached hydrogens (tertiary/aromatic N) is 1. The first-order valence-corrected chi connectivity index (χ1v) is 16.1. The van der Waals surface area contributed by atoms with E-state index in [0.29, 0.717) is 54.0 Å². The Labute approximate surface area is 277 Å². The van der Waals surface area contributed by atoms with E-state index in [4.69, 9.17) is 37.4 Å². The van der Waals surface area contributed by atoms with E-state index in [1.54, 1.807) is 19.1 Å². The van der Waals surface area contributed by atoms with Crippen molar-refractivity contribution < 1.29 is 38.7 Å². The highest BCUT2D eigenvalue weighted by Crippen LogP contribution is 2.46. The maximum absolute atomic E-state index is 15.7. The molecular weight excluding hydrogens is 638 g/mol. The van der Waals surface area contributed by atoms with Crippen LogP contribution in [0.25, 0.3) is 11.1 Å². The molecule has 46 heavy (non-hydrogen) atoms. The molecule has 1 fully saturated rings. The fourth-order valence-electron chi connectivity index (χ4n) is 5.73. The van der Waals surface area contributed by atoms with Crippen LogP contribution in [0.15, 0.2) is 48.5 Å². The van der Waals surface area contributed by atoms with Gasteiger partial charge in [-0.05, 0) is 49.1 Å². The first kappa shape index (κ1) is 34.2. The second-order valence-electron chi connectivity index (χ2n) is 11.8. The highest BCUT2D eigenvalue weighted by molar-refractivity contribution is 6.35. The third-order valence-corrected chi connectivity index (χ3v) is 9.13. The number of fused-ring (bicyclic) bond motifs is 1. The van der Waals surface area contributed by atoms with Gasteiger partial charge in [-0.1, -0.05) is 53.5 Å². The van der Waals surface area contributed by atoms with Gasteiger partial charge in [0.05, 0.1) is 36.0 Å². The molecule has 1 saturated heterocycles. The molecule has 3 aromatic rings. The molecular formula is C34H39Cl2FN2O7. The normalized spacial score (nSPS) is 19.3. The summed E-state index contributed by atoms with van der Waals surface area (Å²) in [5.41, 5.74) is 2.00. The molecule has 0 saturated carbocycles. The number of hydrogen-bond donors (Lipinski definition) is 4. The smallest absolute Gasteiger partial charge is 0.326 e. The fraction of sp³-hybridized carbons (Fsp3) is 0.441. The predicted molar refractivity (Wildman–Crippen MR) is 174 cm³/mol. The number of carboxylic acids is 1. The first-order chi connectivity index (χ1) is 22.0. The van der Waals surface area contributed by atoms with Crippen LogP contribution >= 0.6 is 23.2 Å². The number of aliphatic hydroxyl groups is 2. The maximum Gasteiger partial charge on any atom is 0.326 e. The van der Waals surface area contributed by atoms with Crippen LogP contribution in [0, 0.1) is 0 Å². The number of aliphatic carboxylic acids is 1. The number of ether oxygens (including phenoxy) is 3. The van der Waals surface area contributed by atoms with Gasteiger partial charge in [-0.25, -0.2) is 4.39 Å². The molecule has 9 nitrogen and oxygen atoms in total. The van der Waals surface area contributed by atoms with E-state index in [0.717, 1.165) is 29.7 Å². The Bertz CT molecular complexity index is 1550. The van der Waals surface area contributed by atoms with Crippen molar-refractivity contribution in [3.05, 3.63) is 75.3 Å². The lowest BCUT2D eigenvalue weighted by Gasteiger charge is -2.35. The van der Waals surface area contributed by atoms with E-state index in [1.165, 1.54) is 6.92 Å². The molecule has 0 radical (unpaired) electrons.